The number of ether oxygens (including phenoxy) is 2. The Labute approximate surface area is 167 Å². The summed E-state index contributed by atoms with van der Waals surface area (Å²) in [7, 11) is 3.13. The van der Waals surface area contributed by atoms with Crippen LogP contribution in [0, 0.1) is 6.92 Å². The maximum atomic E-state index is 12.7. The van der Waals surface area contributed by atoms with Gasteiger partial charge in [0.05, 0.1) is 19.9 Å². The van der Waals surface area contributed by atoms with Gasteiger partial charge in [-0.15, -0.1) is 0 Å². The number of methoxy groups -OCH3 is 2. The van der Waals surface area contributed by atoms with Crippen LogP contribution in [0.5, 0.6) is 11.5 Å². The molecule has 0 unspecified atom stereocenters. The highest BCUT2D eigenvalue weighted by Gasteiger charge is 2.14. The maximum Gasteiger partial charge on any atom is 0.274 e. The number of carbonyl (C=O) groups is 1. The Morgan fingerprint density at radius 2 is 1.75 bits per heavy atom. The second kappa shape index (κ2) is 8.58. The fraction of sp³-hybridized carbons (Fsp3) is 0.150. The number of amides is 1. The Balaban J connectivity index is 1.82. The number of hydrogen-bond acceptors (Lipinski definition) is 6. The Bertz CT molecular complexity index is 993. The molecule has 28 heavy (non-hydrogen) atoms. The summed E-state index contributed by atoms with van der Waals surface area (Å²) in [5, 5.41) is 6.41. The third-order valence-corrected chi connectivity index (χ3v) is 4.08. The zero-order valence-corrected chi connectivity index (χ0v) is 16.4. The molecule has 1 aromatic heterocycles. The molecular weight excluding hydrogens is 380 g/mol. The molecule has 8 heteroatoms. The van der Waals surface area contributed by atoms with E-state index in [0.717, 1.165) is 11.4 Å². The lowest BCUT2D eigenvalue weighted by molar-refractivity contribution is 0.102. The molecule has 3 rings (SSSR count). The lowest BCUT2D eigenvalue weighted by atomic mass is 10.2. The first-order valence-electron chi connectivity index (χ1n) is 8.40. The van der Waals surface area contributed by atoms with Gasteiger partial charge in [-0.1, -0.05) is 11.6 Å². The predicted octanol–water partition coefficient (Wildman–Crippen LogP) is 4.45. The summed E-state index contributed by atoms with van der Waals surface area (Å²) < 4.78 is 10.4. The number of aromatic nitrogens is 2. The molecule has 0 aliphatic rings. The molecule has 0 bridgehead atoms. The minimum atomic E-state index is -0.399. The van der Waals surface area contributed by atoms with Crippen molar-refractivity contribution in [3.8, 4) is 11.5 Å². The lowest BCUT2D eigenvalue weighted by Crippen LogP contribution is -2.16. The van der Waals surface area contributed by atoms with Crippen LogP contribution in [0.15, 0.2) is 48.5 Å². The molecule has 0 saturated carbocycles. The number of carbonyl (C=O) groups excluding carboxylic acids is 1. The fourth-order valence-electron chi connectivity index (χ4n) is 2.53. The van der Waals surface area contributed by atoms with Crippen LogP contribution < -0.4 is 20.1 Å². The Morgan fingerprint density at radius 1 is 1.00 bits per heavy atom. The maximum absolute atomic E-state index is 12.7. The van der Waals surface area contributed by atoms with Gasteiger partial charge < -0.3 is 20.1 Å². The summed E-state index contributed by atoms with van der Waals surface area (Å²) >= 11 is 6.01. The number of aryl methyl sites for hydroxylation is 1. The van der Waals surface area contributed by atoms with Crippen molar-refractivity contribution < 1.29 is 14.3 Å². The smallest absolute Gasteiger partial charge is 0.274 e. The number of nitrogens with one attached hydrogen (secondary N) is 2. The second-order valence-electron chi connectivity index (χ2n) is 5.84. The summed E-state index contributed by atoms with van der Waals surface area (Å²) in [4.78, 5) is 21.2. The summed E-state index contributed by atoms with van der Waals surface area (Å²) in [5.41, 5.74) is 1.48. The molecule has 1 heterocycles. The first-order chi connectivity index (χ1) is 13.5. The van der Waals surface area contributed by atoms with Gasteiger partial charge in [0, 0.05) is 16.8 Å². The third-order valence-electron chi connectivity index (χ3n) is 3.84. The molecule has 144 valence electrons. The SMILES string of the molecule is COc1ccc(Nc2cc(C(=O)Nc3cc(Cl)ccc3OC)nc(C)n2)cc1. The van der Waals surface area contributed by atoms with E-state index in [1.54, 1.807) is 38.3 Å². The van der Waals surface area contributed by atoms with Crippen molar-refractivity contribution in [2.24, 2.45) is 0 Å². The number of nitrogens with zero attached hydrogens (tertiary/aromatic N) is 2. The fourth-order valence-corrected chi connectivity index (χ4v) is 2.71. The molecule has 2 aromatic carbocycles. The highest BCUT2D eigenvalue weighted by Crippen LogP contribution is 2.28. The Kier molecular flexibility index (Phi) is 5.96. The standard InChI is InChI=1S/C20H19ClN4O3/c1-12-22-17(20(26)25-16-10-13(21)4-9-18(16)28-3)11-19(23-12)24-14-5-7-15(27-2)8-6-14/h4-11H,1-3H3,(H,25,26)(H,22,23,24). The minimum absolute atomic E-state index is 0.213. The molecule has 0 atom stereocenters. The molecule has 0 spiro atoms. The molecule has 0 fully saturated rings. The quantitative estimate of drug-likeness (QED) is 0.638. The molecular formula is C20H19ClN4O3. The number of halogens is 1. The first kappa shape index (κ1) is 19.4. The summed E-state index contributed by atoms with van der Waals surface area (Å²) in [6, 6.07) is 13.9. The van der Waals surface area contributed by atoms with Crippen molar-refractivity contribution in [3.63, 3.8) is 0 Å². The number of hydrogen-bond donors (Lipinski definition) is 2. The van der Waals surface area contributed by atoms with Crippen molar-refractivity contribution >= 4 is 34.7 Å². The second-order valence-corrected chi connectivity index (χ2v) is 6.27. The van der Waals surface area contributed by atoms with Crippen LogP contribution in [0.2, 0.25) is 5.02 Å². The van der Waals surface area contributed by atoms with E-state index in [4.69, 9.17) is 21.1 Å². The highest BCUT2D eigenvalue weighted by atomic mass is 35.5. The van der Waals surface area contributed by atoms with Crippen molar-refractivity contribution in [3.05, 3.63) is 65.1 Å². The summed E-state index contributed by atoms with van der Waals surface area (Å²) in [6.45, 7) is 1.72. The number of rotatable bonds is 6. The Morgan fingerprint density at radius 3 is 2.43 bits per heavy atom. The van der Waals surface area contributed by atoms with Crippen molar-refractivity contribution in [2.75, 3.05) is 24.9 Å². The van der Waals surface area contributed by atoms with E-state index >= 15 is 0 Å². The highest BCUT2D eigenvalue weighted by molar-refractivity contribution is 6.31. The normalized spacial score (nSPS) is 10.3. The zero-order valence-electron chi connectivity index (χ0n) is 15.6. The lowest BCUT2D eigenvalue weighted by Gasteiger charge is -2.12. The molecule has 3 aromatic rings. The third kappa shape index (κ3) is 4.69. The summed E-state index contributed by atoms with van der Waals surface area (Å²) in [6.07, 6.45) is 0. The van der Waals surface area contributed by atoms with Gasteiger partial charge in [0.1, 0.15) is 28.8 Å². The van der Waals surface area contributed by atoms with Gasteiger partial charge in [-0.25, -0.2) is 9.97 Å². The van der Waals surface area contributed by atoms with E-state index < -0.39 is 5.91 Å². The van der Waals surface area contributed by atoms with Crippen molar-refractivity contribution in [2.45, 2.75) is 6.92 Å². The predicted molar refractivity (Wildman–Crippen MR) is 109 cm³/mol. The molecule has 0 saturated heterocycles. The van der Waals surface area contributed by atoms with Crippen LogP contribution in [0.1, 0.15) is 16.3 Å². The van der Waals surface area contributed by atoms with Crippen LogP contribution >= 0.6 is 11.6 Å². The Hall–Kier alpha value is -3.32. The average Bonchev–Trinajstić information content (AvgIpc) is 2.68. The molecule has 1 amide bonds. The van der Waals surface area contributed by atoms with E-state index in [1.807, 2.05) is 24.3 Å². The molecule has 7 nitrogen and oxygen atoms in total. The van der Waals surface area contributed by atoms with Gasteiger partial charge in [-0.2, -0.15) is 0 Å². The van der Waals surface area contributed by atoms with Crippen LogP contribution in [0.25, 0.3) is 0 Å². The van der Waals surface area contributed by atoms with Crippen molar-refractivity contribution in [1.82, 2.24) is 9.97 Å². The minimum Gasteiger partial charge on any atom is -0.497 e. The molecule has 0 radical (unpaired) electrons. The van der Waals surface area contributed by atoms with Crippen LogP contribution in [-0.2, 0) is 0 Å². The van der Waals surface area contributed by atoms with E-state index in [1.165, 1.54) is 7.11 Å². The van der Waals surface area contributed by atoms with Gasteiger partial charge >= 0.3 is 0 Å². The van der Waals surface area contributed by atoms with Gasteiger partial charge in [0.2, 0.25) is 0 Å². The van der Waals surface area contributed by atoms with Gasteiger partial charge in [0.25, 0.3) is 5.91 Å². The molecule has 0 aliphatic heterocycles. The monoisotopic (exact) mass is 398 g/mol. The first-order valence-corrected chi connectivity index (χ1v) is 8.78. The van der Waals surface area contributed by atoms with Crippen LogP contribution in [-0.4, -0.2) is 30.1 Å². The van der Waals surface area contributed by atoms with Gasteiger partial charge in [-0.3, -0.25) is 4.79 Å². The molecule has 2 N–H and O–H groups in total. The van der Waals surface area contributed by atoms with E-state index in [-0.39, 0.29) is 5.69 Å². The van der Waals surface area contributed by atoms with Gasteiger partial charge in [0.15, 0.2) is 0 Å². The topological polar surface area (TPSA) is 85.4 Å². The van der Waals surface area contributed by atoms with Gasteiger partial charge in [-0.05, 0) is 49.4 Å². The van der Waals surface area contributed by atoms with E-state index in [0.29, 0.717) is 28.1 Å². The number of benzene rings is 2. The largest absolute Gasteiger partial charge is 0.497 e. The van der Waals surface area contributed by atoms with E-state index in [2.05, 4.69) is 20.6 Å². The number of anilines is 3. The van der Waals surface area contributed by atoms with Crippen LogP contribution in [0.3, 0.4) is 0 Å². The average molecular weight is 399 g/mol. The van der Waals surface area contributed by atoms with E-state index in [9.17, 15) is 4.79 Å². The summed E-state index contributed by atoms with van der Waals surface area (Å²) in [5.74, 6) is 1.81. The zero-order chi connectivity index (χ0) is 20.1. The molecule has 0 aliphatic carbocycles. The van der Waals surface area contributed by atoms with Crippen LogP contribution in [0.4, 0.5) is 17.2 Å². The van der Waals surface area contributed by atoms with Crippen molar-refractivity contribution in [1.29, 1.82) is 0 Å².